The Morgan fingerprint density at radius 2 is 1.46 bits per heavy atom. The number of hydrogen-bond donors (Lipinski definition) is 0. The lowest BCUT2D eigenvalue weighted by molar-refractivity contribution is 0.706. The van der Waals surface area contributed by atoms with Crippen LogP contribution in [0.4, 0.5) is 0 Å². The van der Waals surface area contributed by atoms with E-state index in [1.54, 1.807) is 12.4 Å². The molecule has 0 aliphatic carbocycles. The maximum atomic E-state index is 4.48. The van der Waals surface area contributed by atoms with Crippen molar-refractivity contribution in [3.63, 3.8) is 0 Å². The van der Waals surface area contributed by atoms with Gasteiger partial charge in [-0.25, -0.2) is 0 Å². The van der Waals surface area contributed by atoms with Crippen molar-refractivity contribution in [3.8, 4) is 23.2 Å². The highest BCUT2D eigenvalue weighted by molar-refractivity contribution is 9.10. The highest BCUT2D eigenvalue weighted by atomic mass is 79.9. The van der Waals surface area contributed by atoms with Gasteiger partial charge in [-0.1, -0.05) is 38.0 Å². The molecule has 0 aliphatic rings. The van der Waals surface area contributed by atoms with Gasteiger partial charge in [0.05, 0.1) is 11.4 Å². The number of thioether (sulfide) groups is 1. The molecule has 0 bridgehead atoms. The number of aromatic nitrogens is 2. The fraction of sp³-hybridized carbons (Fsp3) is 0.250. The molecule has 0 atom stereocenters. The van der Waals surface area contributed by atoms with E-state index in [0.29, 0.717) is 0 Å². The number of rotatable bonds is 7. The molecule has 3 aromatic rings. The normalized spacial score (nSPS) is 10.4. The Balaban J connectivity index is 1.56. The van der Waals surface area contributed by atoms with Crippen LogP contribution in [0.5, 0.6) is 0 Å². The third-order valence-electron chi connectivity index (χ3n) is 4.23. The molecule has 0 aliphatic heterocycles. The summed E-state index contributed by atoms with van der Waals surface area (Å²) >= 11 is 5.32. The Bertz CT molecular complexity index is 924. The third kappa shape index (κ3) is 6.51. The minimum atomic E-state index is 0.846. The lowest BCUT2D eigenvalue weighted by Gasteiger charge is -2.01. The summed E-state index contributed by atoms with van der Waals surface area (Å²) in [6.07, 6.45) is 8.82. The first kappa shape index (κ1) is 20.6. The van der Waals surface area contributed by atoms with Gasteiger partial charge in [0.25, 0.3) is 0 Å². The maximum Gasteiger partial charge on any atom is 0.0887 e. The van der Waals surface area contributed by atoms with Gasteiger partial charge >= 0.3 is 0 Å². The monoisotopic (exact) mass is 450 g/mol. The van der Waals surface area contributed by atoms with Crippen molar-refractivity contribution in [2.75, 3.05) is 5.75 Å². The van der Waals surface area contributed by atoms with E-state index in [1.807, 2.05) is 36.0 Å². The van der Waals surface area contributed by atoms with Crippen LogP contribution in [0.1, 0.15) is 43.7 Å². The molecular formula is C24H23BrN2S. The first-order valence-electron chi connectivity index (χ1n) is 9.57. The van der Waals surface area contributed by atoms with Crippen molar-refractivity contribution in [1.82, 2.24) is 9.97 Å². The molecule has 0 saturated heterocycles. The predicted octanol–water partition coefficient (Wildman–Crippen LogP) is 6.98. The summed E-state index contributed by atoms with van der Waals surface area (Å²) in [5.41, 5.74) is 3.62. The van der Waals surface area contributed by atoms with E-state index in [0.717, 1.165) is 27.0 Å². The molecule has 0 amide bonds. The minimum Gasteiger partial charge on any atom is -0.253 e. The number of benzene rings is 1. The number of unbranched alkanes of at least 4 members (excludes halogenated alkanes) is 3. The van der Waals surface area contributed by atoms with Crippen molar-refractivity contribution in [1.29, 1.82) is 0 Å². The summed E-state index contributed by atoms with van der Waals surface area (Å²) in [6.45, 7) is 2.25. The largest absolute Gasteiger partial charge is 0.253 e. The van der Waals surface area contributed by atoms with Crippen molar-refractivity contribution in [2.45, 2.75) is 37.5 Å². The first-order chi connectivity index (χ1) is 13.7. The van der Waals surface area contributed by atoms with Crippen molar-refractivity contribution >= 4 is 27.7 Å². The molecule has 1 aromatic carbocycles. The van der Waals surface area contributed by atoms with E-state index >= 15 is 0 Å². The van der Waals surface area contributed by atoms with Crippen LogP contribution in [0.15, 0.2) is 70.3 Å². The standard InChI is InChI=1S/C24H23BrN2S/c1-2-3-4-5-16-28-22-12-8-19(9-13-22)6-7-20-10-14-23(26-17-20)24-15-11-21(25)18-27-24/h8-15,17-18H,2-5,16H2,1H3. The zero-order valence-corrected chi connectivity index (χ0v) is 18.4. The molecule has 0 saturated carbocycles. The second-order valence-electron chi connectivity index (χ2n) is 6.48. The lowest BCUT2D eigenvalue weighted by atomic mass is 10.2. The van der Waals surface area contributed by atoms with E-state index in [2.05, 4.69) is 68.9 Å². The summed E-state index contributed by atoms with van der Waals surface area (Å²) in [6, 6.07) is 16.4. The van der Waals surface area contributed by atoms with Crippen molar-refractivity contribution < 1.29 is 0 Å². The van der Waals surface area contributed by atoms with Crippen LogP contribution in [0.3, 0.4) is 0 Å². The average Bonchev–Trinajstić information content (AvgIpc) is 2.74. The fourth-order valence-electron chi connectivity index (χ4n) is 2.64. The summed E-state index contributed by atoms with van der Waals surface area (Å²) in [5, 5.41) is 0. The summed E-state index contributed by atoms with van der Waals surface area (Å²) in [5.74, 6) is 7.60. The lowest BCUT2D eigenvalue weighted by Crippen LogP contribution is -1.87. The zero-order valence-electron chi connectivity index (χ0n) is 16.0. The summed E-state index contributed by atoms with van der Waals surface area (Å²) in [4.78, 5) is 10.2. The van der Waals surface area contributed by atoms with Gasteiger partial charge in [-0.15, -0.1) is 11.8 Å². The van der Waals surface area contributed by atoms with Crippen LogP contribution in [0, 0.1) is 11.8 Å². The Kier molecular flexibility index (Phi) is 8.14. The molecular weight excluding hydrogens is 428 g/mol. The van der Waals surface area contributed by atoms with Gasteiger partial charge in [0.1, 0.15) is 0 Å². The molecule has 0 fully saturated rings. The van der Waals surface area contributed by atoms with E-state index in [4.69, 9.17) is 0 Å². The molecule has 4 heteroatoms. The van der Waals surface area contributed by atoms with Gasteiger partial charge in [-0.2, -0.15) is 0 Å². The van der Waals surface area contributed by atoms with Gasteiger partial charge in [-0.3, -0.25) is 9.97 Å². The molecule has 0 unspecified atom stereocenters. The number of nitrogens with zero attached hydrogens (tertiary/aromatic N) is 2. The van der Waals surface area contributed by atoms with E-state index in [1.165, 1.54) is 36.3 Å². The Labute approximate surface area is 180 Å². The van der Waals surface area contributed by atoms with Crippen LogP contribution in [-0.4, -0.2) is 15.7 Å². The van der Waals surface area contributed by atoms with E-state index < -0.39 is 0 Å². The van der Waals surface area contributed by atoms with Crippen LogP contribution < -0.4 is 0 Å². The van der Waals surface area contributed by atoms with Crippen molar-refractivity contribution in [2.24, 2.45) is 0 Å². The molecule has 28 heavy (non-hydrogen) atoms. The molecule has 0 N–H and O–H groups in total. The molecule has 2 heterocycles. The quantitative estimate of drug-likeness (QED) is 0.220. The molecule has 3 rings (SSSR count). The molecule has 0 radical (unpaired) electrons. The van der Waals surface area contributed by atoms with Crippen molar-refractivity contribution in [3.05, 3.63) is 76.5 Å². The number of hydrogen-bond acceptors (Lipinski definition) is 3. The molecule has 2 nitrogen and oxygen atoms in total. The van der Waals surface area contributed by atoms with E-state index in [9.17, 15) is 0 Å². The Hall–Kier alpha value is -2.09. The highest BCUT2D eigenvalue weighted by Gasteiger charge is 2.00. The second-order valence-corrected chi connectivity index (χ2v) is 8.56. The summed E-state index contributed by atoms with van der Waals surface area (Å²) in [7, 11) is 0. The maximum absolute atomic E-state index is 4.48. The Morgan fingerprint density at radius 1 is 0.786 bits per heavy atom. The number of pyridine rings is 2. The third-order valence-corrected chi connectivity index (χ3v) is 5.79. The van der Waals surface area contributed by atoms with Crippen LogP contribution in [-0.2, 0) is 0 Å². The average molecular weight is 451 g/mol. The molecule has 0 spiro atoms. The highest BCUT2D eigenvalue weighted by Crippen LogP contribution is 2.20. The van der Waals surface area contributed by atoms with Crippen LogP contribution in [0.2, 0.25) is 0 Å². The van der Waals surface area contributed by atoms with E-state index in [-0.39, 0.29) is 0 Å². The zero-order chi connectivity index (χ0) is 19.6. The molecule has 2 aromatic heterocycles. The molecule has 142 valence electrons. The van der Waals surface area contributed by atoms with Gasteiger partial charge < -0.3 is 0 Å². The SMILES string of the molecule is CCCCCCSc1ccc(C#Cc2ccc(-c3ccc(Br)cn3)nc2)cc1. The topological polar surface area (TPSA) is 25.8 Å². The van der Waals surface area contributed by atoms with Gasteiger partial charge in [0, 0.05) is 32.9 Å². The van der Waals surface area contributed by atoms with Gasteiger partial charge in [0.15, 0.2) is 0 Å². The van der Waals surface area contributed by atoms with Gasteiger partial charge in [-0.05, 0) is 76.6 Å². The second kappa shape index (κ2) is 11.0. The van der Waals surface area contributed by atoms with Crippen LogP contribution in [0.25, 0.3) is 11.4 Å². The van der Waals surface area contributed by atoms with Gasteiger partial charge in [0.2, 0.25) is 0 Å². The van der Waals surface area contributed by atoms with Crippen LogP contribution >= 0.6 is 27.7 Å². The minimum absolute atomic E-state index is 0.846. The predicted molar refractivity (Wildman–Crippen MR) is 122 cm³/mol. The number of halogens is 1. The summed E-state index contributed by atoms with van der Waals surface area (Å²) < 4.78 is 0.958. The smallest absolute Gasteiger partial charge is 0.0887 e. The Morgan fingerprint density at radius 3 is 2.11 bits per heavy atom. The first-order valence-corrected chi connectivity index (χ1v) is 11.4. The fourth-order valence-corrected chi connectivity index (χ4v) is 3.79.